The maximum atomic E-state index is 2.33. The maximum Gasteiger partial charge on any atom is -0.0326 e. The molecule has 0 nitrogen and oxygen atoms in total. The van der Waals surface area contributed by atoms with Gasteiger partial charge in [-0.3, -0.25) is 0 Å². The van der Waals surface area contributed by atoms with E-state index in [1.54, 1.807) is 18.5 Å². The van der Waals surface area contributed by atoms with Gasteiger partial charge in [0.1, 0.15) is 0 Å². The minimum Gasteiger partial charge on any atom is -0.107 e. The number of hydrogen-bond acceptors (Lipinski definition) is 0. The molecule has 1 atom stereocenters. The van der Waals surface area contributed by atoms with E-state index in [0.29, 0.717) is 7.92 Å². The van der Waals surface area contributed by atoms with Gasteiger partial charge in [-0.05, 0) is 37.7 Å². The highest BCUT2D eigenvalue weighted by molar-refractivity contribution is 7.57. The molecule has 0 aliphatic rings. The van der Waals surface area contributed by atoms with Gasteiger partial charge in [0.2, 0.25) is 0 Å². The molecule has 25 heavy (non-hydrogen) atoms. The summed E-state index contributed by atoms with van der Waals surface area (Å²) in [5.41, 5.74) is 0. The Morgan fingerprint density at radius 2 is 0.560 bits per heavy atom. The van der Waals surface area contributed by atoms with Crippen LogP contribution in [0.25, 0.3) is 0 Å². The number of unbranched alkanes of at least 4 members (excludes halogenated alkanes) is 15. The lowest BCUT2D eigenvalue weighted by Gasteiger charge is -2.18. The molecule has 0 aromatic heterocycles. The standard InChI is InChI=1S/C24H51P/c1-4-7-10-13-15-16-18-21-24-25(22-19-12-9-6-3)23-20-17-14-11-8-5-2/h4-24H2,1-3H3. The van der Waals surface area contributed by atoms with Crippen LogP contribution in [-0.4, -0.2) is 18.5 Å². The summed E-state index contributed by atoms with van der Waals surface area (Å²) in [6.07, 6.45) is 31.2. The molecule has 0 rings (SSSR count). The van der Waals surface area contributed by atoms with E-state index in [4.69, 9.17) is 0 Å². The average Bonchev–Trinajstić information content (AvgIpc) is 2.63. The van der Waals surface area contributed by atoms with Gasteiger partial charge < -0.3 is 0 Å². The van der Waals surface area contributed by atoms with Crippen molar-refractivity contribution in [2.24, 2.45) is 0 Å². The van der Waals surface area contributed by atoms with Crippen molar-refractivity contribution in [3.8, 4) is 0 Å². The fourth-order valence-electron chi connectivity index (χ4n) is 3.68. The van der Waals surface area contributed by atoms with E-state index in [1.807, 2.05) is 0 Å². The zero-order valence-corrected chi connectivity index (χ0v) is 19.2. The quantitative estimate of drug-likeness (QED) is 0.139. The van der Waals surface area contributed by atoms with Gasteiger partial charge in [-0.1, -0.05) is 117 Å². The highest BCUT2D eigenvalue weighted by Crippen LogP contribution is 2.39. The van der Waals surface area contributed by atoms with E-state index >= 15 is 0 Å². The molecule has 0 aliphatic heterocycles. The lowest BCUT2D eigenvalue weighted by atomic mass is 10.1. The van der Waals surface area contributed by atoms with Crippen LogP contribution in [-0.2, 0) is 0 Å². The molecule has 1 heteroatoms. The van der Waals surface area contributed by atoms with E-state index in [1.165, 1.54) is 116 Å². The van der Waals surface area contributed by atoms with Crippen molar-refractivity contribution >= 4 is 7.92 Å². The Balaban J connectivity index is 3.69. The molecule has 0 aliphatic carbocycles. The summed E-state index contributed by atoms with van der Waals surface area (Å²) in [6, 6.07) is 0. The first kappa shape index (κ1) is 25.4. The third-order valence-corrected chi connectivity index (χ3v) is 8.33. The van der Waals surface area contributed by atoms with E-state index in [2.05, 4.69) is 20.8 Å². The van der Waals surface area contributed by atoms with Crippen molar-refractivity contribution in [1.82, 2.24) is 0 Å². The topological polar surface area (TPSA) is 0 Å². The second-order valence-electron chi connectivity index (χ2n) is 8.14. The van der Waals surface area contributed by atoms with E-state index < -0.39 is 0 Å². The fraction of sp³-hybridized carbons (Fsp3) is 1.00. The molecule has 0 heterocycles. The Labute approximate surface area is 163 Å². The summed E-state index contributed by atoms with van der Waals surface area (Å²) in [7, 11) is 0.368. The molecule has 0 aromatic rings. The van der Waals surface area contributed by atoms with Crippen molar-refractivity contribution in [3.63, 3.8) is 0 Å². The highest BCUT2D eigenvalue weighted by Gasteiger charge is 2.07. The summed E-state index contributed by atoms with van der Waals surface area (Å²) in [4.78, 5) is 0. The molecule has 0 fully saturated rings. The zero-order chi connectivity index (χ0) is 18.4. The molecule has 1 unspecified atom stereocenters. The third-order valence-electron chi connectivity index (χ3n) is 5.48. The van der Waals surface area contributed by atoms with Crippen LogP contribution in [0.3, 0.4) is 0 Å². The predicted octanol–water partition coefficient (Wildman–Crippen LogP) is 9.55. The van der Waals surface area contributed by atoms with E-state index in [-0.39, 0.29) is 0 Å². The lowest BCUT2D eigenvalue weighted by molar-refractivity contribution is 0.585. The van der Waals surface area contributed by atoms with Crippen LogP contribution < -0.4 is 0 Å². The van der Waals surface area contributed by atoms with Crippen LogP contribution in [0.2, 0.25) is 0 Å². The summed E-state index contributed by atoms with van der Waals surface area (Å²) >= 11 is 0. The second kappa shape index (κ2) is 22.5. The monoisotopic (exact) mass is 370 g/mol. The van der Waals surface area contributed by atoms with Gasteiger partial charge in [0.05, 0.1) is 0 Å². The minimum absolute atomic E-state index is 0.368. The minimum atomic E-state index is 0.368. The fourth-order valence-corrected chi connectivity index (χ4v) is 6.37. The third kappa shape index (κ3) is 20.6. The first-order valence-electron chi connectivity index (χ1n) is 12.1. The van der Waals surface area contributed by atoms with Gasteiger partial charge in [-0.15, -0.1) is 7.92 Å². The van der Waals surface area contributed by atoms with E-state index in [9.17, 15) is 0 Å². The molecule has 0 bridgehead atoms. The molecule has 0 spiro atoms. The summed E-state index contributed by atoms with van der Waals surface area (Å²) in [5, 5.41) is 0. The van der Waals surface area contributed by atoms with Crippen LogP contribution in [0.1, 0.15) is 136 Å². The molecular formula is C24H51P. The van der Waals surface area contributed by atoms with Crippen molar-refractivity contribution in [2.75, 3.05) is 18.5 Å². The molecule has 0 radical (unpaired) electrons. The molecule has 0 saturated heterocycles. The van der Waals surface area contributed by atoms with E-state index in [0.717, 1.165) is 0 Å². The van der Waals surface area contributed by atoms with Gasteiger partial charge in [0, 0.05) is 0 Å². The first-order chi connectivity index (χ1) is 12.3. The van der Waals surface area contributed by atoms with Crippen LogP contribution in [0, 0.1) is 0 Å². The number of rotatable bonds is 21. The Morgan fingerprint density at radius 3 is 0.880 bits per heavy atom. The predicted molar refractivity (Wildman–Crippen MR) is 122 cm³/mol. The Kier molecular flexibility index (Phi) is 22.9. The Bertz CT molecular complexity index is 226. The molecule has 0 amide bonds. The molecule has 0 saturated carbocycles. The normalized spacial score (nSPS) is 12.6. The number of hydrogen-bond donors (Lipinski definition) is 0. The highest BCUT2D eigenvalue weighted by atomic mass is 31.1. The Morgan fingerprint density at radius 1 is 0.320 bits per heavy atom. The van der Waals surface area contributed by atoms with Crippen LogP contribution >= 0.6 is 7.92 Å². The summed E-state index contributed by atoms with van der Waals surface area (Å²) in [5.74, 6) is 0. The SMILES string of the molecule is CCCCCCCCCCP(CCCCCC)CCCCCCCC. The average molecular weight is 371 g/mol. The molecule has 152 valence electrons. The van der Waals surface area contributed by atoms with Crippen LogP contribution in [0.5, 0.6) is 0 Å². The van der Waals surface area contributed by atoms with Crippen molar-refractivity contribution in [1.29, 1.82) is 0 Å². The van der Waals surface area contributed by atoms with Gasteiger partial charge >= 0.3 is 0 Å². The van der Waals surface area contributed by atoms with Crippen molar-refractivity contribution < 1.29 is 0 Å². The van der Waals surface area contributed by atoms with Gasteiger partial charge in [-0.2, -0.15) is 0 Å². The molecular weight excluding hydrogens is 319 g/mol. The zero-order valence-electron chi connectivity index (χ0n) is 18.3. The maximum absolute atomic E-state index is 2.33. The molecule has 0 aromatic carbocycles. The smallest absolute Gasteiger partial charge is 0.0326 e. The summed E-state index contributed by atoms with van der Waals surface area (Å²) in [6.45, 7) is 6.96. The lowest BCUT2D eigenvalue weighted by Crippen LogP contribution is -1.97. The second-order valence-corrected chi connectivity index (χ2v) is 10.8. The van der Waals surface area contributed by atoms with Gasteiger partial charge in [0.25, 0.3) is 0 Å². The van der Waals surface area contributed by atoms with Gasteiger partial charge in [0.15, 0.2) is 0 Å². The largest absolute Gasteiger partial charge is 0.107 e. The van der Waals surface area contributed by atoms with Crippen molar-refractivity contribution in [2.45, 2.75) is 136 Å². The van der Waals surface area contributed by atoms with Crippen LogP contribution in [0.15, 0.2) is 0 Å². The summed E-state index contributed by atoms with van der Waals surface area (Å²) < 4.78 is 0. The van der Waals surface area contributed by atoms with Crippen molar-refractivity contribution in [3.05, 3.63) is 0 Å². The van der Waals surface area contributed by atoms with Gasteiger partial charge in [-0.25, -0.2) is 0 Å². The Hall–Kier alpha value is 0.430. The van der Waals surface area contributed by atoms with Crippen LogP contribution in [0.4, 0.5) is 0 Å². The molecule has 0 N–H and O–H groups in total. The first-order valence-corrected chi connectivity index (χ1v) is 14.0.